The maximum atomic E-state index is 12.3. The minimum absolute atomic E-state index is 0.00819. The number of hydrogen-bond acceptors (Lipinski definition) is 4. The van der Waals surface area contributed by atoms with Crippen molar-refractivity contribution in [2.24, 2.45) is 0 Å². The summed E-state index contributed by atoms with van der Waals surface area (Å²) < 4.78 is 10.6. The van der Waals surface area contributed by atoms with E-state index in [1.807, 2.05) is 4.90 Å². The third-order valence-corrected chi connectivity index (χ3v) is 5.01. The third kappa shape index (κ3) is 2.91. The van der Waals surface area contributed by atoms with E-state index in [1.54, 1.807) is 19.2 Å². The van der Waals surface area contributed by atoms with Crippen LogP contribution in [0.15, 0.2) is 12.1 Å². The Balaban J connectivity index is 1.86. The summed E-state index contributed by atoms with van der Waals surface area (Å²) in [4.78, 5) is 14.2. The summed E-state index contributed by atoms with van der Waals surface area (Å²) in [6, 6.07) is 3.77. The number of ether oxygens (including phenoxy) is 2. The number of nitrogens with zero attached hydrogens (tertiary/aromatic N) is 1. The molecular formula is C15H18Cl2N2O3. The van der Waals surface area contributed by atoms with Crippen molar-refractivity contribution >= 4 is 29.1 Å². The maximum Gasteiger partial charge on any atom is 0.223 e. The first-order valence-electron chi connectivity index (χ1n) is 7.21. The lowest BCUT2D eigenvalue weighted by atomic mass is 9.97. The number of likely N-dealkylation sites (tertiary alicyclic amines) is 1. The highest BCUT2D eigenvalue weighted by molar-refractivity contribution is 6.42. The SMILES string of the molecule is COCOc1ccc(Cl)c(Cl)c1[C@@H]1CC(=O)N(C2CNC2)C1. The predicted molar refractivity (Wildman–Crippen MR) is 84.7 cm³/mol. The van der Waals surface area contributed by atoms with Gasteiger partial charge >= 0.3 is 0 Å². The standard InChI is InChI=1S/C15H18Cl2N2O3/c1-21-8-22-12-3-2-11(16)15(17)14(12)9-4-13(20)19(7-9)10-5-18-6-10/h2-3,9-10,18H,4-8H2,1H3/t9-/m1/s1. The molecule has 1 aromatic carbocycles. The summed E-state index contributed by atoms with van der Waals surface area (Å²) in [5.74, 6) is 0.777. The highest BCUT2D eigenvalue weighted by Crippen LogP contribution is 2.42. The average Bonchev–Trinajstić information content (AvgIpc) is 2.80. The van der Waals surface area contributed by atoms with Crippen molar-refractivity contribution in [1.82, 2.24) is 10.2 Å². The molecule has 2 aliphatic rings. The fraction of sp³-hybridized carbons (Fsp3) is 0.533. The number of halogens is 2. The van der Waals surface area contributed by atoms with Crippen LogP contribution in [-0.4, -0.2) is 50.4 Å². The van der Waals surface area contributed by atoms with Crippen LogP contribution in [0.4, 0.5) is 0 Å². The fourth-order valence-electron chi connectivity index (χ4n) is 2.95. The Morgan fingerprint density at radius 2 is 2.14 bits per heavy atom. The molecule has 7 heteroatoms. The van der Waals surface area contributed by atoms with E-state index in [-0.39, 0.29) is 18.6 Å². The van der Waals surface area contributed by atoms with Gasteiger partial charge in [-0.2, -0.15) is 0 Å². The van der Waals surface area contributed by atoms with Crippen LogP contribution >= 0.6 is 23.2 Å². The van der Waals surface area contributed by atoms with Crippen molar-refractivity contribution in [3.05, 3.63) is 27.7 Å². The van der Waals surface area contributed by atoms with Gasteiger partial charge in [-0.15, -0.1) is 0 Å². The fourth-order valence-corrected chi connectivity index (χ4v) is 3.42. The molecule has 0 unspecified atom stereocenters. The molecule has 2 aliphatic heterocycles. The number of nitrogens with one attached hydrogen (secondary N) is 1. The van der Waals surface area contributed by atoms with E-state index in [4.69, 9.17) is 32.7 Å². The summed E-state index contributed by atoms with van der Waals surface area (Å²) in [5.41, 5.74) is 0.800. The third-order valence-electron chi connectivity index (χ3n) is 4.19. The zero-order valence-electron chi connectivity index (χ0n) is 12.3. The Hall–Kier alpha value is -1.01. The molecule has 0 aliphatic carbocycles. The van der Waals surface area contributed by atoms with E-state index in [2.05, 4.69) is 5.32 Å². The van der Waals surface area contributed by atoms with Crippen LogP contribution in [0.3, 0.4) is 0 Å². The number of carbonyl (C=O) groups excluding carboxylic acids is 1. The van der Waals surface area contributed by atoms with Gasteiger partial charge in [0.25, 0.3) is 0 Å². The van der Waals surface area contributed by atoms with Crippen LogP contribution in [0, 0.1) is 0 Å². The summed E-state index contributed by atoms with van der Waals surface area (Å²) >= 11 is 12.5. The smallest absolute Gasteiger partial charge is 0.223 e. The first-order valence-corrected chi connectivity index (χ1v) is 7.97. The van der Waals surface area contributed by atoms with E-state index in [0.717, 1.165) is 18.7 Å². The zero-order valence-corrected chi connectivity index (χ0v) is 13.8. The highest BCUT2D eigenvalue weighted by Gasteiger charge is 2.39. The molecule has 5 nitrogen and oxygen atoms in total. The van der Waals surface area contributed by atoms with Crippen molar-refractivity contribution in [3.63, 3.8) is 0 Å². The van der Waals surface area contributed by atoms with E-state index < -0.39 is 0 Å². The van der Waals surface area contributed by atoms with Crippen molar-refractivity contribution in [1.29, 1.82) is 0 Å². The Labute approximate surface area is 139 Å². The number of amides is 1. The second-order valence-electron chi connectivity index (χ2n) is 5.58. The second kappa shape index (κ2) is 6.62. The molecule has 120 valence electrons. The summed E-state index contributed by atoms with van der Waals surface area (Å²) in [6.45, 7) is 2.49. The molecule has 0 aromatic heterocycles. The van der Waals surface area contributed by atoms with Gasteiger partial charge < -0.3 is 19.7 Å². The van der Waals surface area contributed by atoms with Gasteiger partial charge in [0.1, 0.15) is 5.75 Å². The molecule has 0 saturated carbocycles. The van der Waals surface area contributed by atoms with Gasteiger partial charge in [-0.25, -0.2) is 0 Å². The lowest BCUT2D eigenvalue weighted by Gasteiger charge is -2.35. The largest absolute Gasteiger partial charge is 0.467 e. The van der Waals surface area contributed by atoms with Gasteiger partial charge in [-0.05, 0) is 12.1 Å². The lowest BCUT2D eigenvalue weighted by molar-refractivity contribution is -0.130. The van der Waals surface area contributed by atoms with Crippen LogP contribution in [0.5, 0.6) is 5.75 Å². The Kier molecular flexibility index (Phi) is 4.78. The van der Waals surface area contributed by atoms with Crippen LogP contribution in [-0.2, 0) is 9.53 Å². The van der Waals surface area contributed by atoms with Crippen LogP contribution in [0.2, 0.25) is 10.0 Å². The summed E-state index contributed by atoms with van der Waals surface area (Å²) in [5, 5.41) is 4.12. The molecular weight excluding hydrogens is 327 g/mol. The van der Waals surface area contributed by atoms with Crippen molar-refractivity contribution in [2.75, 3.05) is 33.5 Å². The van der Waals surface area contributed by atoms with Crippen LogP contribution < -0.4 is 10.1 Å². The van der Waals surface area contributed by atoms with Crippen molar-refractivity contribution in [2.45, 2.75) is 18.4 Å². The Morgan fingerprint density at radius 1 is 1.36 bits per heavy atom. The number of hydrogen-bond donors (Lipinski definition) is 1. The number of benzene rings is 1. The monoisotopic (exact) mass is 344 g/mol. The average molecular weight is 345 g/mol. The minimum Gasteiger partial charge on any atom is -0.467 e. The summed E-state index contributed by atoms with van der Waals surface area (Å²) in [6.07, 6.45) is 0.430. The molecule has 2 saturated heterocycles. The van der Waals surface area contributed by atoms with Crippen LogP contribution in [0.25, 0.3) is 0 Å². The number of carbonyl (C=O) groups is 1. The molecule has 1 N–H and O–H groups in total. The number of rotatable bonds is 5. The number of methoxy groups -OCH3 is 1. The molecule has 1 aromatic rings. The molecule has 3 rings (SSSR count). The molecule has 0 radical (unpaired) electrons. The normalized spacial score (nSPS) is 22.0. The lowest BCUT2D eigenvalue weighted by Crippen LogP contribution is -2.57. The summed E-state index contributed by atoms with van der Waals surface area (Å²) in [7, 11) is 1.56. The highest BCUT2D eigenvalue weighted by atomic mass is 35.5. The zero-order chi connectivity index (χ0) is 15.7. The molecule has 1 atom stereocenters. The predicted octanol–water partition coefficient (Wildman–Crippen LogP) is 2.26. The quantitative estimate of drug-likeness (QED) is 0.832. The van der Waals surface area contributed by atoms with E-state index in [0.29, 0.717) is 34.8 Å². The molecule has 1 amide bonds. The van der Waals surface area contributed by atoms with Gasteiger partial charge in [0.05, 0.1) is 16.1 Å². The van der Waals surface area contributed by atoms with Gasteiger partial charge in [-0.3, -0.25) is 4.79 Å². The van der Waals surface area contributed by atoms with Gasteiger partial charge in [-0.1, -0.05) is 23.2 Å². The minimum atomic E-state index is -0.00819. The van der Waals surface area contributed by atoms with E-state index in [9.17, 15) is 4.79 Å². The van der Waals surface area contributed by atoms with Gasteiger partial charge in [0.2, 0.25) is 5.91 Å². The molecule has 22 heavy (non-hydrogen) atoms. The Morgan fingerprint density at radius 3 is 2.77 bits per heavy atom. The van der Waals surface area contributed by atoms with E-state index in [1.165, 1.54) is 0 Å². The molecule has 2 heterocycles. The Bertz CT molecular complexity index is 578. The van der Waals surface area contributed by atoms with Gasteiger partial charge in [0.15, 0.2) is 6.79 Å². The van der Waals surface area contributed by atoms with Crippen molar-refractivity contribution in [3.8, 4) is 5.75 Å². The second-order valence-corrected chi connectivity index (χ2v) is 6.37. The topological polar surface area (TPSA) is 50.8 Å². The first-order chi connectivity index (χ1) is 10.6. The molecule has 2 fully saturated rings. The van der Waals surface area contributed by atoms with Crippen LogP contribution in [0.1, 0.15) is 17.9 Å². The molecule has 0 bridgehead atoms. The van der Waals surface area contributed by atoms with Crippen molar-refractivity contribution < 1.29 is 14.3 Å². The maximum absolute atomic E-state index is 12.3. The first kappa shape index (κ1) is 15.9. The van der Waals surface area contributed by atoms with Gasteiger partial charge in [0, 0.05) is 44.6 Å². The molecule has 0 spiro atoms. The van der Waals surface area contributed by atoms with E-state index >= 15 is 0 Å².